The summed E-state index contributed by atoms with van der Waals surface area (Å²) in [5, 5.41) is 0. The number of allylic oxidation sites excluding steroid dienone is 1. The fourth-order valence-electron chi connectivity index (χ4n) is 1.80. The van der Waals surface area contributed by atoms with E-state index in [4.69, 9.17) is 4.74 Å². The Hall–Kier alpha value is -2.76. The second-order valence-electron chi connectivity index (χ2n) is 4.54. The van der Waals surface area contributed by atoms with E-state index in [1.165, 1.54) is 43.5 Å². The van der Waals surface area contributed by atoms with Crippen molar-refractivity contribution in [1.82, 2.24) is 0 Å². The Morgan fingerprint density at radius 3 is 2.04 bits per heavy atom. The van der Waals surface area contributed by atoms with Gasteiger partial charge in [-0.05, 0) is 48.0 Å². The second kappa shape index (κ2) is 7.00. The van der Waals surface area contributed by atoms with Gasteiger partial charge in [0.05, 0.1) is 7.11 Å². The van der Waals surface area contributed by atoms with Gasteiger partial charge in [-0.15, -0.1) is 13.2 Å². The normalized spacial score (nSPS) is 11.5. The molecule has 0 saturated carbocycles. The average Bonchev–Trinajstić information content (AvgIpc) is 2.52. The lowest BCUT2D eigenvalue weighted by atomic mass is 10.1. The molecule has 0 spiro atoms. The summed E-state index contributed by atoms with van der Waals surface area (Å²) in [4.78, 5) is 12.0. The van der Waals surface area contributed by atoms with E-state index in [1.807, 2.05) is 0 Å². The maximum Gasteiger partial charge on any atom is 0.573 e. The zero-order chi connectivity index (χ0) is 16.9. The fraction of sp³-hybridized carbons (Fsp3) is 0.118. The van der Waals surface area contributed by atoms with Gasteiger partial charge in [0.1, 0.15) is 11.5 Å². The summed E-state index contributed by atoms with van der Waals surface area (Å²) >= 11 is 0. The molecule has 0 aliphatic carbocycles. The van der Waals surface area contributed by atoms with Crippen molar-refractivity contribution in [3.63, 3.8) is 0 Å². The molecule has 2 aromatic rings. The van der Waals surface area contributed by atoms with Crippen LogP contribution in [0.15, 0.2) is 54.6 Å². The molecule has 120 valence electrons. The standard InChI is InChI=1S/C17H13F3O3/c1-22-14-9-5-13(6-10-14)16(21)11-4-12-2-7-15(8-3-12)23-17(18,19)20/h2-11H,1H3. The second-order valence-corrected chi connectivity index (χ2v) is 4.54. The minimum atomic E-state index is -4.72. The van der Waals surface area contributed by atoms with Crippen LogP contribution in [0.3, 0.4) is 0 Å². The predicted molar refractivity (Wildman–Crippen MR) is 79.5 cm³/mol. The van der Waals surface area contributed by atoms with E-state index in [2.05, 4.69) is 4.74 Å². The van der Waals surface area contributed by atoms with Crippen molar-refractivity contribution in [3.8, 4) is 11.5 Å². The largest absolute Gasteiger partial charge is 0.573 e. The van der Waals surface area contributed by atoms with Gasteiger partial charge in [-0.3, -0.25) is 4.79 Å². The topological polar surface area (TPSA) is 35.5 Å². The summed E-state index contributed by atoms with van der Waals surface area (Å²) in [5.74, 6) is 0.116. The fourth-order valence-corrected chi connectivity index (χ4v) is 1.80. The van der Waals surface area contributed by atoms with Crippen molar-refractivity contribution in [3.05, 3.63) is 65.7 Å². The van der Waals surface area contributed by atoms with Crippen molar-refractivity contribution in [1.29, 1.82) is 0 Å². The van der Waals surface area contributed by atoms with Crippen molar-refractivity contribution in [2.75, 3.05) is 7.11 Å². The van der Waals surface area contributed by atoms with Crippen LogP contribution in [0.1, 0.15) is 15.9 Å². The summed E-state index contributed by atoms with van der Waals surface area (Å²) in [6, 6.07) is 11.8. The number of methoxy groups -OCH3 is 1. The Kier molecular flexibility index (Phi) is 5.05. The molecule has 0 N–H and O–H groups in total. The zero-order valence-corrected chi connectivity index (χ0v) is 12.1. The molecule has 0 radical (unpaired) electrons. The predicted octanol–water partition coefficient (Wildman–Crippen LogP) is 4.49. The van der Waals surface area contributed by atoms with E-state index in [0.29, 0.717) is 16.9 Å². The number of benzene rings is 2. The maximum atomic E-state index is 12.0. The molecule has 0 heterocycles. The quantitative estimate of drug-likeness (QED) is 0.601. The van der Waals surface area contributed by atoms with Crippen molar-refractivity contribution >= 4 is 11.9 Å². The summed E-state index contributed by atoms with van der Waals surface area (Å²) < 4.78 is 44.9. The number of carbonyl (C=O) groups excluding carboxylic acids is 1. The smallest absolute Gasteiger partial charge is 0.497 e. The van der Waals surface area contributed by atoms with Crippen LogP contribution >= 0.6 is 0 Å². The lowest BCUT2D eigenvalue weighted by Gasteiger charge is -2.08. The van der Waals surface area contributed by atoms with E-state index in [9.17, 15) is 18.0 Å². The molecular weight excluding hydrogens is 309 g/mol. The van der Waals surface area contributed by atoms with Crippen LogP contribution in [0, 0.1) is 0 Å². The summed E-state index contributed by atoms with van der Waals surface area (Å²) in [5.41, 5.74) is 1.07. The first-order valence-electron chi connectivity index (χ1n) is 6.60. The van der Waals surface area contributed by atoms with E-state index >= 15 is 0 Å². The number of alkyl halides is 3. The lowest BCUT2D eigenvalue weighted by Crippen LogP contribution is -2.16. The molecule has 0 bridgehead atoms. The van der Waals surface area contributed by atoms with Crippen LogP contribution in [-0.2, 0) is 0 Å². The molecule has 3 nitrogen and oxygen atoms in total. The van der Waals surface area contributed by atoms with Crippen LogP contribution in [0.25, 0.3) is 6.08 Å². The van der Waals surface area contributed by atoms with Gasteiger partial charge in [-0.25, -0.2) is 0 Å². The first-order chi connectivity index (χ1) is 10.9. The summed E-state index contributed by atoms with van der Waals surface area (Å²) in [6.45, 7) is 0. The van der Waals surface area contributed by atoms with Gasteiger partial charge in [0, 0.05) is 5.56 Å². The highest BCUT2D eigenvalue weighted by molar-refractivity contribution is 6.06. The van der Waals surface area contributed by atoms with Gasteiger partial charge >= 0.3 is 6.36 Å². The highest BCUT2D eigenvalue weighted by Gasteiger charge is 2.30. The van der Waals surface area contributed by atoms with Gasteiger partial charge in [-0.2, -0.15) is 0 Å². The molecular formula is C17H13F3O3. The summed E-state index contributed by atoms with van der Waals surface area (Å²) in [6.07, 6.45) is -1.85. The van der Waals surface area contributed by atoms with Gasteiger partial charge in [0.25, 0.3) is 0 Å². The molecule has 6 heteroatoms. The third-order valence-corrected chi connectivity index (χ3v) is 2.92. The van der Waals surface area contributed by atoms with Crippen molar-refractivity contribution < 1.29 is 27.4 Å². The van der Waals surface area contributed by atoms with Gasteiger partial charge in [0.2, 0.25) is 0 Å². The Balaban J connectivity index is 2.02. The number of hydrogen-bond donors (Lipinski definition) is 0. The van der Waals surface area contributed by atoms with Gasteiger partial charge in [-0.1, -0.05) is 18.2 Å². The number of carbonyl (C=O) groups is 1. The van der Waals surface area contributed by atoms with Crippen LogP contribution in [0.2, 0.25) is 0 Å². The van der Waals surface area contributed by atoms with Crippen LogP contribution in [0.4, 0.5) is 13.2 Å². The van der Waals surface area contributed by atoms with E-state index in [0.717, 1.165) is 0 Å². The number of rotatable bonds is 5. The monoisotopic (exact) mass is 322 g/mol. The van der Waals surface area contributed by atoms with Crippen molar-refractivity contribution in [2.45, 2.75) is 6.36 Å². The van der Waals surface area contributed by atoms with Crippen LogP contribution < -0.4 is 9.47 Å². The molecule has 23 heavy (non-hydrogen) atoms. The molecule has 0 aliphatic heterocycles. The number of halogens is 3. The first kappa shape index (κ1) is 16.6. The molecule has 0 atom stereocenters. The molecule has 0 unspecified atom stereocenters. The SMILES string of the molecule is COc1ccc(C(=O)C=Cc2ccc(OC(F)(F)F)cc2)cc1. The highest BCUT2D eigenvalue weighted by atomic mass is 19.4. The van der Waals surface area contributed by atoms with Crippen LogP contribution in [-0.4, -0.2) is 19.3 Å². The summed E-state index contributed by atoms with van der Waals surface area (Å²) in [7, 11) is 1.53. The average molecular weight is 322 g/mol. The molecule has 0 saturated heterocycles. The lowest BCUT2D eigenvalue weighted by molar-refractivity contribution is -0.274. The number of ketones is 1. The van der Waals surface area contributed by atoms with E-state index in [-0.39, 0.29) is 11.5 Å². The Morgan fingerprint density at radius 2 is 1.52 bits per heavy atom. The Labute approximate surface area is 131 Å². The van der Waals surface area contributed by atoms with E-state index < -0.39 is 6.36 Å². The van der Waals surface area contributed by atoms with Gasteiger partial charge in [0.15, 0.2) is 5.78 Å². The zero-order valence-electron chi connectivity index (χ0n) is 12.1. The molecule has 2 rings (SSSR count). The van der Waals surface area contributed by atoms with Crippen molar-refractivity contribution in [2.24, 2.45) is 0 Å². The minimum Gasteiger partial charge on any atom is -0.497 e. The molecule has 2 aromatic carbocycles. The Morgan fingerprint density at radius 1 is 0.957 bits per heavy atom. The first-order valence-corrected chi connectivity index (χ1v) is 6.60. The van der Waals surface area contributed by atoms with Crippen LogP contribution in [0.5, 0.6) is 11.5 Å². The molecule has 0 fully saturated rings. The number of ether oxygens (including phenoxy) is 2. The maximum absolute atomic E-state index is 12.0. The Bertz CT molecular complexity index is 687. The minimum absolute atomic E-state index is 0.219. The third-order valence-electron chi connectivity index (χ3n) is 2.92. The molecule has 0 aromatic heterocycles. The van der Waals surface area contributed by atoms with E-state index in [1.54, 1.807) is 24.3 Å². The molecule has 0 aliphatic rings. The highest BCUT2D eigenvalue weighted by Crippen LogP contribution is 2.23. The molecule has 0 amide bonds. The van der Waals surface area contributed by atoms with Gasteiger partial charge < -0.3 is 9.47 Å². The number of hydrogen-bond acceptors (Lipinski definition) is 3. The third kappa shape index (κ3) is 5.18.